The Kier molecular flexibility index (Phi) is 4.14. The van der Waals surface area contributed by atoms with Crippen LogP contribution in [0, 0.1) is 20.8 Å². The maximum Gasteiger partial charge on any atom is 0.259 e. The van der Waals surface area contributed by atoms with E-state index in [1.165, 1.54) is 4.88 Å². The van der Waals surface area contributed by atoms with Crippen molar-refractivity contribution in [3.63, 3.8) is 0 Å². The van der Waals surface area contributed by atoms with Gasteiger partial charge in [-0.25, -0.2) is 4.98 Å². The van der Waals surface area contributed by atoms with Crippen molar-refractivity contribution >= 4 is 28.3 Å². The third-order valence-electron chi connectivity index (χ3n) is 3.61. The number of nitrogens with two attached hydrogens (primary N) is 1. The van der Waals surface area contributed by atoms with E-state index in [0.29, 0.717) is 41.1 Å². The highest BCUT2D eigenvalue weighted by molar-refractivity contribution is 7.12. The first-order valence-corrected chi connectivity index (χ1v) is 8.15. The molecular weight excluding hydrogens is 312 g/mol. The van der Waals surface area contributed by atoms with E-state index in [1.807, 2.05) is 13.8 Å². The number of nitrogens with one attached hydrogen (secondary N) is 1. The molecule has 0 fully saturated rings. The SMILES string of the molecule is Cc1cc(-c2cc(C(=O)NCCN)c3c(C)noc3n2)c(C)s1. The van der Waals surface area contributed by atoms with Gasteiger partial charge in [0, 0.05) is 28.4 Å². The summed E-state index contributed by atoms with van der Waals surface area (Å²) in [6, 6.07) is 3.87. The van der Waals surface area contributed by atoms with Crippen LogP contribution in [-0.4, -0.2) is 29.1 Å². The normalized spacial score (nSPS) is 11.1. The number of rotatable bonds is 4. The molecule has 23 heavy (non-hydrogen) atoms. The fourth-order valence-electron chi connectivity index (χ4n) is 2.58. The van der Waals surface area contributed by atoms with Crippen molar-refractivity contribution in [1.29, 1.82) is 0 Å². The van der Waals surface area contributed by atoms with Gasteiger partial charge in [-0.05, 0) is 32.9 Å². The first kappa shape index (κ1) is 15.6. The molecule has 6 nitrogen and oxygen atoms in total. The Hall–Kier alpha value is -2.25. The van der Waals surface area contributed by atoms with Crippen LogP contribution >= 0.6 is 11.3 Å². The largest absolute Gasteiger partial charge is 0.351 e. The van der Waals surface area contributed by atoms with Crippen LogP contribution in [0.15, 0.2) is 16.7 Å². The number of nitrogens with zero attached hydrogens (tertiary/aromatic N) is 2. The summed E-state index contributed by atoms with van der Waals surface area (Å²) in [5, 5.41) is 7.39. The summed E-state index contributed by atoms with van der Waals surface area (Å²) in [6.07, 6.45) is 0. The highest BCUT2D eigenvalue weighted by atomic mass is 32.1. The van der Waals surface area contributed by atoms with Crippen molar-refractivity contribution in [1.82, 2.24) is 15.5 Å². The Morgan fingerprint density at radius 3 is 2.78 bits per heavy atom. The Labute approximate surface area is 137 Å². The van der Waals surface area contributed by atoms with Gasteiger partial charge in [0.15, 0.2) is 0 Å². The smallest absolute Gasteiger partial charge is 0.259 e. The average Bonchev–Trinajstić information content (AvgIpc) is 3.06. The highest BCUT2D eigenvalue weighted by Crippen LogP contribution is 2.32. The maximum absolute atomic E-state index is 12.5. The fraction of sp³-hybridized carbons (Fsp3) is 0.312. The second-order valence-corrected chi connectivity index (χ2v) is 6.84. The summed E-state index contributed by atoms with van der Waals surface area (Å²) in [6.45, 7) is 6.69. The summed E-state index contributed by atoms with van der Waals surface area (Å²) in [5.74, 6) is -0.194. The lowest BCUT2D eigenvalue weighted by atomic mass is 10.1. The van der Waals surface area contributed by atoms with Crippen molar-refractivity contribution in [2.45, 2.75) is 20.8 Å². The molecule has 0 aliphatic heterocycles. The van der Waals surface area contributed by atoms with Gasteiger partial charge in [0.05, 0.1) is 22.3 Å². The van der Waals surface area contributed by atoms with Gasteiger partial charge >= 0.3 is 0 Å². The van der Waals surface area contributed by atoms with Crippen molar-refractivity contribution < 1.29 is 9.32 Å². The number of pyridine rings is 1. The van der Waals surface area contributed by atoms with Gasteiger partial charge in [-0.1, -0.05) is 5.16 Å². The predicted octanol–water partition coefficient (Wildman–Crippen LogP) is 2.57. The third-order valence-corrected chi connectivity index (χ3v) is 4.57. The van der Waals surface area contributed by atoms with E-state index in [0.717, 1.165) is 10.4 Å². The number of carbonyl (C=O) groups is 1. The van der Waals surface area contributed by atoms with Gasteiger partial charge < -0.3 is 15.6 Å². The van der Waals surface area contributed by atoms with E-state index in [4.69, 9.17) is 10.3 Å². The van der Waals surface area contributed by atoms with E-state index in [9.17, 15) is 4.79 Å². The molecule has 0 radical (unpaired) electrons. The van der Waals surface area contributed by atoms with Crippen LogP contribution in [0.1, 0.15) is 25.8 Å². The minimum atomic E-state index is -0.194. The summed E-state index contributed by atoms with van der Waals surface area (Å²) in [5.41, 5.74) is 8.73. The molecule has 3 aromatic rings. The van der Waals surface area contributed by atoms with Crippen molar-refractivity contribution in [2.75, 3.05) is 13.1 Å². The summed E-state index contributed by atoms with van der Waals surface area (Å²) < 4.78 is 5.29. The number of hydrogen-bond donors (Lipinski definition) is 2. The number of thiophene rings is 1. The molecule has 3 aromatic heterocycles. The molecule has 0 aliphatic rings. The Morgan fingerprint density at radius 2 is 2.13 bits per heavy atom. The first-order chi connectivity index (χ1) is 11.0. The topological polar surface area (TPSA) is 94.0 Å². The van der Waals surface area contributed by atoms with E-state index < -0.39 is 0 Å². The molecule has 0 saturated carbocycles. The number of fused-ring (bicyclic) bond motifs is 1. The van der Waals surface area contributed by atoms with Gasteiger partial charge in [-0.15, -0.1) is 11.3 Å². The van der Waals surface area contributed by atoms with Crippen molar-refractivity contribution in [2.24, 2.45) is 5.73 Å². The van der Waals surface area contributed by atoms with Crippen molar-refractivity contribution in [3.8, 4) is 11.3 Å². The summed E-state index contributed by atoms with van der Waals surface area (Å²) in [4.78, 5) is 19.4. The van der Waals surface area contributed by atoms with Crippen LogP contribution in [0.4, 0.5) is 0 Å². The molecule has 3 rings (SSSR count). The minimum Gasteiger partial charge on any atom is -0.351 e. The first-order valence-electron chi connectivity index (χ1n) is 7.34. The fourth-order valence-corrected chi connectivity index (χ4v) is 3.51. The molecule has 3 N–H and O–H groups in total. The highest BCUT2D eigenvalue weighted by Gasteiger charge is 2.20. The zero-order valence-corrected chi connectivity index (χ0v) is 14.1. The molecular formula is C16H18N4O2S. The second kappa shape index (κ2) is 6.10. The lowest BCUT2D eigenvalue weighted by molar-refractivity contribution is 0.0956. The quantitative estimate of drug-likeness (QED) is 0.767. The van der Waals surface area contributed by atoms with Gasteiger partial charge in [0.25, 0.3) is 11.6 Å². The third kappa shape index (κ3) is 2.85. The molecule has 7 heteroatoms. The van der Waals surface area contributed by atoms with Gasteiger partial charge in [0.2, 0.25) is 0 Å². The Morgan fingerprint density at radius 1 is 1.35 bits per heavy atom. The minimum absolute atomic E-state index is 0.194. The average molecular weight is 330 g/mol. The van der Waals surface area contributed by atoms with Crippen molar-refractivity contribution in [3.05, 3.63) is 33.1 Å². The van der Waals surface area contributed by atoms with Gasteiger partial charge in [-0.2, -0.15) is 0 Å². The number of carbonyl (C=O) groups excluding carboxylic acids is 1. The number of aromatic nitrogens is 2. The molecule has 0 bridgehead atoms. The zero-order chi connectivity index (χ0) is 16.6. The monoisotopic (exact) mass is 330 g/mol. The number of aryl methyl sites for hydroxylation is 3. The van der Waals surface area contributed by atoms with Gasteiger partial charge in [0.1, 0.15) is 0 Å². The number of amides is 1. The van der Waals surface area contributed by atoms with Gasteiger partial charge in [-0.3, -0.25) is 4.79 Å². The lowest BCUT2D eigenvalue weighted by Crippen LogP contribution is -2.29. The number of hydrogen-bond acceptors (Lipinski definition) is 6. The molecule has 0 unspecified atom stereocenters. The van der Waals surface area contributed by atoms with Crippen LogP contribution in [0.25, 0.3) is 22.4 Å². The van der Waals surface area contributed by atoms with Crippen LogP contribution in [0.2, 0.25) is 0 Å². The Balaban J connectivity index is 2.18. The second-order valence-electron chi connectivity index (χ2n) is 5.37. The molecule has 0 saturated heterocycles. The zero-order valence-electron chi connectivity index (χ0n) is 13.3. The van der Waals surface area contributed by atoms with Crippen LogP contribution in [0.5, 0.6) is 0 Å². The van der Waals surface area contributed by atoms with E-state index >= 15 is 0 Å². The maximum atomic E-state index is 12.5. The molecule has 0 spiro atoms. The van der Waals surface area contributed by atoms with E-state index in [1.54, 1.807) is 24.3 Å². The predicted molar refractivity (Wildman–Crippen MR) is 90.7 cm³/mol. The van der Waals surface area contributed by atoms with E-state index in [2.05, 4.69) is 21.5 Å². The molecule has 0 aliphatic carbocycles. The molecule has 3 heterocycles. The van der Waals surface area contributed by atoms with Crippen LogP contribution in [-0.2, 0) is 0 Å². The summed E-state index contributed by atoms with van der Waals surface area (Å²) >= 11 is 1.70. The molecule has 1 amide bonds. The molecule has 0 aromatic carbocycles. The molecule has 0 atom stereocenters. The van der Waals surface area contributed by atoms with Crippen LogP contribution in [0.3, 0.4) is 0 Å². The molecule has 120 valence electrons. The Bertz CT molecular complexity index is 882. The summed E-state index contributed by atoms with van der Waals surface area (Å²) in [7, 11) is 0. The standard InChI is InChI=1S/C16H18N4O2S/c1-8-6-11(10(3)23-8)13-7-12(15(21)18-5-4-17)14-9(2)20-22-16(14)19-13/h6-7H,4-5,17H2,1-3H3,(H,18,21). The van der Waals surface area contributed by atoms with E-state index in [-0.39, 0.29) is 5.91 Å². The van der Waals surface area contributed by atoms with Crippen LogP contribution < -0.4 is 11.1 Å². The lowest BCUT2D eigenvalue weighted by Gasteiger charge is -2.07.